The molecule has 4 rings (SSSR count). The van der Waals surface area contributed by atoms with Crippen LogP contribution in [0.15, 0.2) is 24.3 Å². The average molecular weight is 344 g/mol. The van der Waals surface area contributed by atoms with E-state index >= 15 is 0 Å². The first kappa shape index (κ1) is 16.4. The van der Waals surface area contributed by atoms with Crippen molar-refractivity contribution in [2.24, 2.45) is 5.41 Å². The molecular formula is C19H24N2O4. The van der Waals surface area contributed by atoms with Crippen molar-refractivity contribution in [1.82, 2.24) is 10.2 Å². The molecule has 3 aliphatic rings. The second kappa shape index (κ2) is 6.67. The van der Waals surface area contributed by atoms with E-state index in [1.807, 2.05) is 24.3 Å². The summed E-state index contributed by atoms with van der Waals surface area (Å²) >= 11 is 0. The third-order valence-electron chi connectivity index (χ3n) is 5.53. The standard InChI is InChI=1S/C19H24N2O4/c22-17-9-19(7-3-4-8-19)10-18(23)21(17)13-20-11-14-12-24-15-5-1-2-6-16(15)25-14/h1-2,5-6,14,20H,3-4,7-13H2. The fraction of sp³-hybridized carbons (Fsp3) is 0.579. The van der Waals surface area contributed by atoms with E-state index in [1.54, 1.807) is 0 Å². The van der Waals surface area contributed by atoms with E-state index in [0.29, 0.717) is 26.0 Å². The van der Waals surface area contributed by atoms with Gasteiger partial charge in [-0.15, -0.1) is 0 Å². The van der Waals surface area contributed by atoms with Gasteiger partial charge < -0.3 is 9.47 Å². The van der Waals surface area contributed by atoms with Gasteiger partial charge >= 0.3 is 0 Å². The van der Waals surface area contributed by atoms with Gasteiger partial charge in [0.2, 0.25) is 11.8 Å². The molecule has 2 heterocycles. The maximum Gasteiger partial charge on any atom is 0.230 e. The Bertz CT molecular complexity index is 649. The molecule has 2 amide bonds. The molecule has 1 saturated carbocycles. The molecule has 2 aliphatic heterocycles. The summed E-state index contributed by atoms with van der Waals surface area (Å²) in [5.74, 6) is 1.39. The summed E-state index contributed by atoms with van der Waals surface area (Å²) < 4.78 is 11.5. The predicted molar refractivity (Wildman–Crippen MR) is 91.2 cm³/mol. The van der Waals surface area contributed by atoms with Gasteiger partial charge in [-0.3, -0.25) is 19.8 Å². The number of para-hydroxylation sites is 2. The third kappa shape index (κ3) is 3.35. The minimum atomic E-state index is -0.133. The van der Waals surface area contributed by atoms with Gasteiger partial charge in [0.1, 0.15) is 12.7 Å². The number of benzene rings is 1. The van der Waals surface area contributed by atoms with Crippen molar-refractivity contribution in [3.05, 3.63) is 24.3 Å². The number of fused-ring (bicyclic) bond motifs is 1. The van der Waals surface area contributed by atoms with Crippen molar-refractivity contribution in [1.29, 1.82) is 0 Å². The number of nitrogens with zero attached hydrogens (tertiary/aromatic N) is 1. The molecule has 2 fully saturated rings. The number of carbonyl (C=O) groups is 2. The summed E-state index contributed by atoms with van der Waals surface area (Å²) in [4.78, 5) is 26.2. The Hall–Kier alpha value is -2.08. The molecule has 1 N–H and O–H groups in total. The van der Waals surface area contributed by atoms with Crippen LogP contribution >= 0.6 is 0 Å². The van der Waals surface area contributed by atoms with Crippen molar-refractivity contribution >= 4 is 11.8 Å². The van der Waals surface area contributed by atoms with E-state index in [0.717, 1.165) is 37.2 Å². The van der Waals surface area contributed by atoms with Crippen molar-refractivity contribution < 1.29 is 19.1 Å². The Morgan fingerprint density at radius 2 is 1.76 bits per heavy atom. The Balaban J connectivity index is 1.28. The highest BCUT2D eigenvalue weighted by Gasteiger charge is 2.44. The molecule has 134 valence electrons. The number of ether oxygens (including phenoxy) is 2. The lowest BCUT2D eigenvalue weighted by molar-refractivity contribution is -0.153. The van der Waals surface area contributed by atoms with Crippen LogP contribution in [0.25, 0.3) is 0 Å². The zero-order valence-electron chi connectivity index (χ0n) is 14.3. The molecule has 0 bridgehead atoms. The Labute approximate surface area is 147 Å². The summed E-state index contributed by atoms with van der Waals surface area (Å²) in [7, 11) is 0. The first-order chi connectivity index (χ1) is 12.2. The van der Waals surface area contributed by atoms with Gasteiger partial charge in [-0.05, 0) is 30.4 Å². The lowest BCUT2D eigenvalue weighted by Crippen LogP contribution is -2.52. The van der Waals surface area contributed by atoms with Crippen molar-refractivity contribution in [2.45, 2.75) is 44.6 Å². The summed E-state index contributed by atoms with van der Waals surface area (Å²) in [6, 6.07) is 7.57. The minimum Gasteiger partial charge on any atom is -0.486 e. The first-order valence-corrected chi connectivity index (χ1v) is 9.08. The SMILES string of the molecule is O=C1CC2(CCCC2)CC(=O)N1CNCC1COc2ccccc2O1. The van der Waals surface area contributed by atoms with Crippen LogP contribution in [0.2, 0.25) is 0 Å². The summed E-state index contributed by atoms with van der Waals surface area (Å²) in [6.07, 6.45) is 5.19. The van der Waals surface area contributed by atoms with Crippen molar-refractivity contribution in [3.8, 4) is 11.5 Å². The maximum absolute atomic E-state index is 12.4. The molecule has 6 nitrogen and oxygen atoms in total. The molecule has 0 aromatic heterocycles. The monoisotopic (exact) mass is 344 g/mol. The second-order valence-corrected chi connectivity index (χ2v) is 7.39. The largest absolute Gasteiger partial charge is 0.486 e. The van der Waals surface area contributed by atoms with E-state index in [4.69, 9.17) is 9.47 Å². The molecule has 1 aromatic carbocycles. The molecule has 1 aromatic rings. The summed E-state index contributed by atoms with van der Waals surface area (Å²) in [5.41, 5.74) is -0.0469. The van der Waals surface area contributed by atoms with Gasteiger partial charge in [0.15, 0.2) is 11.5 Å². The molecule has 1 unspecified atom stereocenters. The average Bonchev–Trinajstić information content (AvgIpc) is 3.04. The molecule has 25 heavy (non-hydrogen) atoms. The fourth-order valence-corrected chi connectivity index (χ4v) is 4.19. The fourth-order valence-electron chi connectivity index (χ4n) is 4.19. The van der Waals surface area contributed by atoms with Crippen LogP contribution in [0, 0.1) is 5.41 Å². The van der Waals surface area contributed by atoms with Crippen LogP contribution in [0.3, 0.4) is 0 Å². The highest BCUT2D eigenvalue weighted by Crippen LogP contribution is 2.46. The summed E-state index contributed by atoms with van der Waals surface area (Å²) in [5, 5.41) is 3.17. The molecule has 1 saturated heterocycles. The third-order valence-corrected chi connectivity index (χ3v) is 5.53. The van der Waals surface area contributed by atoms with Gasteiger partial charge in [0, 0.05) is 19.4 Å². The van der Waals surface area contributed by atoms with E-state index < -0.39 is 0 Å². The number of amides is 2. The Morgan fingerprint density at radius 3 is 2.48 bits per heavy atom. The van der Waals surface area contributed by atoms with Crippen LogP contribution < -0.4 is 14.8 Å². The van der Waals surface area contributed by atoms with Crippen LogP contribution in [0.5, 0.6) is 11.5 Å². The molecule has 6 heteroatoms. The quantitative estimate of drug-likeness (QED) is 0.847. The Kier molecular flexibility index (Phi) is 4.37. The second-order valence-electron chi connectivity index (χ2n) is 7.39. The molecule has 0 radical (unpaired) electrons. The van der Waals surface area contributed by atoms with Crippen molar-refractivity contribution in [2.75, 3.05) is 19.8 Å². The maximum atomic E-state index is 12.4. The number of carbonyl (C=O) groups excluding carboxylic acids is 2. The highest BCUT2D eigenvalue weighted by atomic mass is 16.6. The lowest BCUT2D eigenvalue weighted by Gasteiger charge is -2.37. The van der Waals surface area contributed by atoms with Gasteiger partial charge in [0.25, 0.3) is 0 Å². The summed E-state index contributed by atoms with van der Waals surface area (Å²) in [6.45, 7) is 1.22. The number of nitrogens with one attached hydrogen (secondary N) is 1. The van der Waals surface area contributed by atoms with E-state index in [-0.39, 0.29) is 30.0 Å². The smallest absolute Gasteiger partial charge is 0.230 e. The zero-order valence-corrected chi connectivity index (χ0v) is 14.3. The lowest BCUT2D eigenvalue weighted by atomic mass is 9.76. The van der Waals surface area contributed by atoms with E-state index in [2.05, 4.69) is 5.32 Å². The van der Waals surface area contributed by atoms with Crippen molar-refractivity contribution in [3.63, 3.8) is 0 Å². The first-order valence-electron chi connectivity index (χ1n) is 9.08. The van der Waals surface area contributed by atoms with Crippen LogP contribution in [0.4, 0.5) is 0 Å². The topological polar surface area (TPSA) is 67.9 Å². The number of imide groups is 1. The van der Waals surface area contributed by atoms with Gasteiger partial charge in [-0.1, -0.05) is 25.0 Å². The molecule has 1 aliphatic carbocycles. The van der Waals surface area contributed by atoms with Gasteiger partial charge in [0.05, 0.1) is 6.67 Å². The van der Waals surface area contributed by atoms with E-state index in [1.165, 1.54) is 4.90 Å². The molecule has 1 atom stereocenters. The number of hydrogen-bond acceptors (Lipinski definition) is 5. The number of rotatable bonds is 4. The Morgan fingerprint density at radius 1 is 1.08 bits per heavy atom. The predicted octanol–water partition coefficient (Wildman–Crippen LogP) is 2.08. The number of hydrogen-bond donors (Lipinski definition) is 1. The van der Waals surface area contributed by atoms with Crippen LogP contribution in [-0.4, -0.2) is 42.6 Å². The number of piperidine rings is 1. The van der Waals surface area contributed by atoms with Gasteiger partial charge in [-0.25, -0.2) is 0 Å². The highest BCUT2D eigenvalue weighted by molar-refractivity contribution is 5.98. The minimum absolute atomic E-state index is 0.0446. The van der Waals surface area contributed by atoms with Crippen LogP contribution in [-0.2, 0) is 9.59 Å². The van der Waals surface area contributed by atoms with E-state index in [9.17, 15) is 9.59 Å². The number of likely N-dealkylation sites (tertiary alicyclic amines) is 1. The van der Waals surface area contributed by atoms with Gasteiger partial charge in [-0.2, -0.15) is 0 Å². The molecule has 1 spiro atoms. The normalized spacial score (nSPS) is 24.8. The zero-order chi connectivity index (χ0) is 17.3. The molecular weight excluding hydrogens is 320 g/mol. The van der Waals surface area contributed by atoms with Crippen LogP contribution in [0.1, 0.15) is 38.5 Å².